The van der Waals surface area contributed by atoms with E-state index in [1.165, 1.54) is 0 Å². The Labute approximate surface area is 123 Å². The summed E-state index contributed by atoms with van der Waals surface area (Å²) in [6, 6.07) is 7.60. The van der Waals surface area contributed by atoms with Gasteiger partial charge in [0.05, 0.1) is 12.5 Å². The zero-order valence-electron chi connectivity index (χ0n) is 11.4. The number of hydrogen-bond acceptors (Lipinski definition) is 3. The minimum Gasteiger partial charge on any atom is -0.481 e. The zero-order chi connectivity index (χ0) is 14.4. The summed E-state index contributed by atoms with van der Waals surface area (Å²) in [6.07, 6.45) is 7.84. The molecule has 108 valence electrons. The van der Waals surface area contributed by atoms with E-state index in [0.29, 0.717) is 0 Å². The van der Waals surface area contributed by atoms with Gasteiger partial charge < -0.3 is 10.2 Å². The lowest BCUT2D eigenvalue weighted by Gasteiger charge is -2.23. The van der Waals surface area contributed by atoms with E-state index in [4.69, 9.17) is 5.11 Å². The van der Waals surface area contributed by atoms with E-state index < -0.39 is 5.97 Å². The molecule has 0 amide bonds. The second kappa shape index (κ2) is 7.50. The maximum absolute atomic E-state index is 10.6. The molecule has 0 aliphatic heterocycles. The van der Waals surface area contributed by atoms with Gasteiger partial charge in [0.1, 0.15) is 0 Å². The van der Waals surface area contributed by atoms with Gasteiger partial charge in [0.15, 0.2) is 0 Å². The van der Waals surface area contributed by atoms with Crippen LogP contribution in [0.5, 0.6) is 0 Å². The van der Waals surface area contributed by atoms with Crippen LogP contribution < -0.4 is 0 Å². The molecule has 2 atom stereocenters. The van der Waals surface area contributed by atoms with Crippen LogP contribution in [0.1, 0.15) is 31.2 Å². The first-order valence-corrected chi connectivity index (χ1v) is 7.83. The number of aliphatic carboxylic acids is 1. The molecule has 0 aromatic heterocycles. The van der Waals surface area contributed by atoms with Crippen molar-refractivity contribution in [2.75, 3.05) is 0 Å². The van der Waals surface area contributed by atoms with Gasteiger partial charge in [-0.05, 0) is 43.4 Å². The molecule has 1 aliphatic carbocycles. The van der Waals surface area contributed by atoms with Gasteiger partial charge in [0.2, 0.25) is 0 Å². The van der Waals surface area contributed by atoms with Gasteiger partial charge in [-0.1, -0.05) is 24.3 Å². The number of carbonyl (C=O) groups is 1. The summed E-state index contributed by atoms with van der Waals surface area (Å²) in [5.74, 6) is -0.812. The lowest BCUT2D eigenvalue weighted by atomic mass is 10.0. The number of aliphatic hydroxyl groups excluding tert-OH is 1. The first-order chi connectivity index (χ1) is 9.65. The summed E-state index contributed by atoms with van der Waals surface area (Å²) < 4.78 is 0. The molecule has 0 bridgehead atoms. The number of hydrogen-bond donors (Lipinski definition) is 2. The van der Waals surface area contributed by atoms with Crippen molar-refractivity contribution in [3.05, 3.63) is 42.0 Å². The first-order valence-electron chi connectivity index (χ1n) is 6.95. The molecule has 0 spiro atoms. The Balaban J connectivity index is 1.97. The molecular formula is C16H20O3S. The van der Waals surface area contributed by atoms with Crippen LogP contribution in [0.3, 0.4) is 0 Å². The van der Waals surface area contributed by atoms with Crippen molar-refractivity contribution < 1.29 is 15.0 Å². The third kappa shape index (κ3) is 4.69. The van der Waals surface area contributed by atoms with E-state index in [1.54, 1.807) is 11.8 Å². The van der Waals surface area contributed by atoms with Gasteiger partial charge in [-0.2, -0.15) is 0 Å². The van der Waals surface area contributed by atoms with E-state index in [0.717, 1.165) is 36.1 Å². The fraction of sp³-hybridized carbons (Fsp3) is 0.438. The van der Waals surface area contributed by atoms with Crippen molar-refractivity contribution in [3.63, 3.8) is 0 Å². The van der Waals surface area contributed by atoms with Crippen molar-refractivity contribution in [1.82, 2.24) is 0 Å². The molecule has 0 saturated carbocycles. The van der Waals surface area contributed by atoms with Crippen molar-refractivity contribution in [1.29, 1.82) is 0 Å². The van der Waals surface area contributed by atoms with Gasteiger partial charge in [0, 0.05) is 10.1 Å². The summed E-state index contributed by atoms with van der Waals surface area (Å²) in [6.45, 7) is 0. The number of allylic oxidation sites excluding steroid dienone is 2. The molecule has 4 heteroatoms. The van der Waals surface area contributed by atoms with Gasteiger partial charge in [-0.15, -0.1) is 11.8 Å². The highest BCUT2D eigenvalue weighted by molar-refractivity contribution is 8.00. The van der Waals surface area contributed by atoms with Gasteiger partial charge in [0.25, 0.3) is 0 Å². The van der Waals surface area contributed by atoms with E-state index in [-0.39, 0.29) is 17.8 Å². The third-order valence-corrected chi connectivity index (χ3v) is 4.81. The summed E-state index contributed by atoms with van der Waals surface area (Å²) in [7, 11) is 0. The minimum absolute atomic E-state index is 0.0573. The third-order valence-electron chi connectivity index (χ3n) is 3.41. The molecule has 0 fully saturated rings. The molecule has 2 rings (SSSR count). The van der Waals surface area contributed by atoms with Crippen LogP contribution in [0, 0.1) is 0 Å². The Bertz CT molecular complexity index is 467. The summed E-state index contributed by atoms with van der Waals surface area (Å²) in [5, 5.41) is 19.1. The molecule has 0 saturated heterocycles. The average molecular weight is 292 g/mol. The number of carboxylic acid groups (broad SMARTS) is 1. The predicted molar refractivity (Wildman–Crippen MR) is 81.0 cm³/mol. The largest absolute Gasteiger partial charge is 0.481 e. The van der Waals surface area contributed by atoms with Crippen molar-refractivity contribution in [2.24, 2.45) is 0 Å². The van der Waals surface area contributed by atoms with Gasteiger partial charge >= 0.3 is 5.97 Å². The highest BCUT2D eigenvalue weighted by Gasteiger charge is 2.20. The van der Waals surface area contributed by atoms with Crippen LogP contribution in [0.4, 0.5) is 0 Å². The van der Waals surface area contributed by atoms with Crippen LogP contribution in [-0.4, -0.2) is 27.5 Å². The average Bonchev–Trinajstić information content (AvgIpc) is 2.40. The summed E-state index contributed by atoms with van der Waals surface area (Å²) >= 11 is 1.69. The quantitative estimate of drug-likeness (QED) is 0.836. The lowest BCUT2D eigenvalue weighted by Crippen LogP contribution is -2.23. The molecule has 1 aromatic rings. The Morgan fingerprint density at radius 3 is 2.45 bits per heavy atom. The van der Waals surface area contributed by atoms with E-state index >= 15 is 0 Å². The molecular weight excluding hydrogens is 272 g/mol. The van der Waals surface area contributed by atoms with Crippen molar-refractivity contribution in [2.45, 2.75) is 48.4 Å². The maximum atomic E-state index is 10.6. The summed E-state index contributed by atoms with van der Waals surface area (Å²) in [5.41, 5.74) is 0.808. The molecule has 1 aromatic carbocycles. The van der Waals surface area contributed by atoms with Crippen molar-refractivity contribution in [3.8, 4) is 0 Å². The Kier molecular flexibility index (Phi) is 5.68. The minimum atomic E-state index is -0.812. The van der Waals surface area contributed by atoms with Crippen LogP contribution in [-0.2, 0) is 11.2 Å². The van der Waals surface area contributed by atoms with Crippen molar-refractivity contribution >= 4 is 17.7 Å². The summed E-state index contributed by atoms with van der Waals surface area (Å²) in [4.78, 5) is 11.7. The van der Waals surface area contributed by atoms with Crippen LogP contribution in [0.2, 0.25) is 0 Å². The molecule has 0 heterocycles. The highest BCUT2D eigenvalue weighted by atomic mass is 32.2. The highest BCUT2D eigenvalue weighted by Crippen LogP contribution is 2.31. The SMILES string of the molecule is O=C(O)Cc1ccc(SC2CC/C=C/CCC2O)cc1. The zero-order valence-corrected chi connectivity index (χ0v) is 12.2. The van der Waals surface area contributed by atoms with E-state index in [2.05, 4.69) is 12.2 Å². The molecule has 2 unspecified atom stereocenters. The standard InChI is InChI=1S/C16H20O3S/c17-14-5-3-1-2-4-6-15(14)20-13-9-7-12(8-10-13)11-16(18)19/h1-2,7-10,14-15,17H,3-6,11H2,(H,18,19)/b2-1+. The monoisotopic (exact) mass is 292 g/mol. The predicted octanol–water partition coefficient (Wildman–Crippen LogP) is 3.27. The Hall–Kier alpha value is -1.26. The molecule has 1 aliphatic rings. The number of thioether (sulfide) groups is 1. The molecule has 2 N–H and O–H groups in total. The van der Waals surface area contributed by atoms with Crippen LogP contribution in [0.15, 0.2) is 41.3 Å². The fourth-order valence-electron chi connectivity index (χ4n) is 2.31. The Morgan fingerprint density at radius 2 is 1.80 bits per heavy atom. The molecule has 0 radical (unpaired) electrons. The van der Waals surface area contributed by atoms with Crippen LogP contribution >= 0.6 is 11.8 Å². The lowest BCUT2D eigenvalue weighted by molar-refractivity contribution is -0.136. The van der Waals surface area contributed by atoms with Crippen LogP contribution in [0.25, 0.3) is 0 Å². The number of rotatable bonds is 4. The number of benzene rings is 1. The fourth-order valence-corrected chi connectivity index (χ4v) is 3.50. The normalized spacial score (nSPS) is 24.6. The maximum Gasteiger partial charge on any atom is 0.307 e. The van der Waals surface area contributed by atoms with Gasteiger partial charge in [-0.25, -0.2) is 0 Å². The number of aliphatic hydroxyl groups is 1. The number of carboxylic acids is 1. The van der Waals surface area contributed by atoms with E-state index in [1.807, 2.05) is 24.3 Å². The smallest absolute Gasteiger partial charge is 0.307 e. The second-order valence-electron chi connectivity index (χ2n) is 5.06. The molecule has 20 heavy (non-hydrogen) atoms. The van der Waals surface area contributed by atoms with E-state index in [9.17, 15) is 9.90 Å². The van der Waals surface area contributed by atoms with Gasteiger partial charge in [-0.3, -0.25) is 4.79 Å². The second-order valence-corrected chi connectivity index (χ2v) is 6.38. The molecule has 3 nitrogen and oxygen atoms in total. The topological polar surface area (TPSA) is 57.5 Å². The Morgan fingerprint density at radius 1 is 1.15 bits per heavy atom. The first kappa shape index (κ1) is 15.1.